The molecule has 1 aliphatic rings. The third-order valence-corrected chi connectivity index (χ3v) is 9.88. The molecule has 1 N–H and O–H groups in total. The molecule has 230 valence electrons. The topological polar surface area (TPSA) is 110 Å². The fourth-order valence-electron chi connectivity index (χ4n) is 5.41. The standard InChI is InChI=1S/C34H33N5O4S2/c1-4-5-9-18-43-25-16-10-15-24(19-25)28-26(29(40)27-22(3)38-17-11-12-21(2)31(38)35-27)30(41)32(42)39(28)33-36-37-34(45-33)44-20-23-13-7-6-8-14-23/h6-8,10-17,19,28,40H,4-5,9,18,20H2,1-3H3/b29-26+. The minimum atomic E-state index is -0.963. The lowest BCUT2D eigenvalue weighted by atomic mass is 9.96. The molecule has 1 aliphatic heterocycles. The number of ether oxygens (including phenoxy) is 1. The highest BCUT2D eigenvalue weighted by Crippen LogP contribution is 2.45. The number of anilines is 1. The number of amides is 1. The first-order chi connectivity index (χ1) is 21.9. The van der Waals surface area contributed by atoms with Crippen molar-refractivity contribution in [1.82, 2.24) is 19.6 Å². The maximum atomic E-state index is 13.8. The molecule has 4 heterocycles. The Kier molecular flexibility index (Phi) is 8.99. The van der Waals surface area contributed by atoms with Gasteiger partial charge in [0.05, 0.1) is 23.9 Å². The number of hydrogen-bond donors (Lipinski definition) is 1. The molecular formula is C34H33N5O4S2. The number of aliphatic hydroxyl groups excluding tert-OH is 1. The van der Waals surface area contributed by atoms with Gasteiger partial charge in [0.15, 0.2) is 10.1 Å². The van der Waals surface area contributed by atoms with Crippen LogP contribution in [0, 0.1) is 13.8 Å². The number of benzene rings is 2. The van der Waals surface area contributed by atoms with E-state index in [-0.39, 0.29) is 22.2 Å². The zero-order valence-corrected chi connectivity index (χ0v) is 26.9. The number of aryl methyl sites for hydroxylation is 2. The molecule has 1 fully saturated rings. The van der Waals surface area contributed by atoms with Crippen LogP contribution < -0.4 is 9.64 Å². The second-order valence-electron chi connectivity index (χ2n) is 10.9. The molecule has 0 spiro atoms. The van der Waals surface area contributed by atoms with Gasteiger partial charge in [-0.15, -0.1) is 10.2 Å². The van der Waals surface area contributed by atoms with Crippen molar-refractivity contribution in [3.63, 3.8) is 0 Å². The van der Waals surface area contributed by atoms with Crippen molar-refractivity contribution in [1.29, 1.82) is 0 Å². The first kappa shape index (κ1) is 30.5. The molecule has 0 radical (unpaired) electrons. The molecule has 1 unspecified atom stereocenters. The summed E-state index contributed by atoms with van der Waals surface area (Å²) in [5.74, 6) is -0.636. The molecule has 1 atom stereocenters. The fourth-order valence-corrected chi connectivity index (χ4v) is 7.24. The molecule has 2 aromatic carbocycles. The van der Waals surface area contributed by atoms with Crippen molar-refractivity contribution >= 4 is 51.3 Å². The maximum Gasteiger partial charge on any atom is 0.301 e. The van der Waals surface area contributed by atoms with E-state index in [1.165, 1.54) is 28.0 Å². The van der Waals surface area contributed by atoms with Gasteiger partial charge in [-0.1, -0.05) is 91.4 Å². The molecular weight excluding hydrogens is 607 g/mol. The number of imidazole rings is 1. The van der Waals surface area contributed by atoms with Crippen molar-refractivity contribution in [2.75, 3.05) is 11.5 Å². The van der Waals surface area contributed by atoms with Crippen LogP contribution in [0.25, 0.3) is 11.4 Å². The van der Waals surface area contributed by atoms with E-state index < -0.39 is 17.7 Å². The summed E-state index contributed by atoms with van der Waals surface area (Å²) in [6.45, 7) is 6.44. The third kappa shape index (κ3) is 6.10. The highest BCUT2D eigenvalue weighted by Gasteiger charge is 2.49. The number of fused-ring (bicyclic) bond motifs is 1. The van der Waals surface area contributed by atoms with Crippen LogP contribution in [0.5, 0.6) is 5.75 Å². The van der Waals surface area contributed by atoms with E-state index in [9.17, 15) is 14.7 Å². The third-order valence-electron chi connectivity index (χ3n) is 7.75. The van der Waals surface area contributed by atoms with Gasteiger partial charge in [-0.05, 0) is 55.2 Å². The van der Waals surface area contributed by atoms with Gasteiger partial charge in [0, 0.05) is 11.9 Å². The second kappa shape index (κ2) is 13.3. The number of thioether (sulfide) groups is 1. The number of Topliss-reactive ketones (excluding diaryl/α,β-unsaturated/α-hetero) is 1. The summed E-state index contributed by atoms with van der Waals surface area (Å²) in [5.41, 5.74) is 4.16. The molecule has 1 saturated heterocycles. The second-order valence-corrected chi connectivity index (χ2v) is 13.0. The molecule has 5 aromatic rings. The molecule has 0 saturated carbocycles. The van der Waals surface area contributed by atoms with Gasteiger partial charge in [0.1, 0.15) is 17.1 Å². The largest absolute Gasteiger partial charge is 0.505 e. The molecule has 6 rings (SSSR count). The Morgan fingerprint density at radius 1 is 1.02 bits per heavy atom. The van der Waals surface area contributed by atoms with Crippen LogP contribution in [0.3, 0.4) is 0 Å². The quantitative estimate of drug-likeness (QED) is 0.0401. The number of unbranched alkanes of at least 4 members (excludes halogenated alkanes) is 2. The van der Waals surface area contributed by atoms with E-state index in [1.807, 2.05) is 91.2 Å². The minimum Gasteiger partial charge on any atom is -0.505 e. The summed E-state index contributed by atoms with van der Waals surface area (Å²) < 4.78 is 8.55. The zero-order valence-electron chi connectivity index (χ0n) is 25.3. The predicted octanol–water partition coefficient (Wildman–Crippen LogP) is 7.29. The van der Waals surface area contributed by atoms with Crippen LogP contribution in [0.4, 0.5) is 5.13 Å². The van der Waals surface area contributed by atoms with E-state index in [2.05, 4.69) is 17.1 Å². The van der Waals surface area contributed by atoms with E-state index in [0.717, 1.165) is 30.4 Å². The van der Waals surface area contributed by atoms with Crippen LogP contribution in [-0.2, 0) is 15.3 Å². The predicted molar refractivity (Wildman–Crippen MR) is 177 cm³/mol. The van der Waals surface area contributed by atoms with Gasteiger partial charge in [-0.3, -0.25) is 14.5 Å². The van der Waals surface area contributed by atoms with Gasteiger partial charge in [-0.25, -0.2) is 4.98 Å². The smallest absolute Gasteiger partial charge is 0.301 e. The normalized spacial score (nSPS) is 16.2. The summed E-state index contributed by atoms with van der Waals surface area (Å²) in [6, 6.07) is 20.2. The van der Waals surface area contributed by atoms with Crippen molar-refractivity contribution < 1.29 is 19.4 Å². The fraction of sp³-hybridized carbons (Fsp3) is 0.265. The first-order valence-corrected chi connectivity index (χ1v) is 16.7. The maximum absolute atomic E-state index is 13.8. The first-order valence-electron chi connectivity index (χ1n) is 14.9. The summed E-state index contributed by atoms with van der Waals surface area (Å²) in [7, 11) is 0. The Balaban J connectivity index is 1.42. The van der Waals surface area contributed by atoms with E-state index in [4.69, 9.17) is 9.72 Å². The van der Waals surface area contributed by atoms with Gasteiger partial charge in [0.2, 0.25) is 5.13 Å². The van der Waals surface area contributed by atoms with Crippen molar-refractivity contribution in [2.24, 2.45) is 0 Å². The average molecular weight is 640 g/mol. The van der Waals surface area contributed by atoms with Crippen molar-refractivity contribution in [2.45, 2.75) is 56.2 Å². The number of aliphatic hydroxyl groups is 1. The van der Waals surface area contributed by atoms with Gasteiger partial charge >= 0.3 is 5.91 Å². The summed E-state index contributed by atoms with van der Waals surface area (Å²) in [5, 5.41) is 20.7. The number of nitrogens with zero attached hydrogens (tertiary/aromatic N) is 5. The van der Waals surface area contributed by atoms with Crippen LogP contribution in [-0.4, -0.2) is 43.0 Å². The lowest BCUT2D eigenvalue weighted by molar-refractivity contribution is -0.132. The van der Waals surface area contributed by atoms with E-state index in [0.29, 0.717) is 39.4 Å². The zero-order chi connectivity index (χ0) is 31.5. The van der Waals surface area contributed by atoms with Gasteiger partial charge in [-0.2, -0.15) is 0 Å². The lowest BCUT2D eigenvalue weighted by Crippen LogP contribution is -2.29. The number of carbonyl (C=O) groups is 2. The Hall–Kier alpha value is -4.48. The molecule has 11 heteroatoms. The van der Waals surface area contributed by atoms with Gasteiger partial charge in [0.25, 0.3) is 5.78 Å². The summed E-state index contributed by atoms with van der Waals surface area (Å²) in [4.78, 5) is 33.6. The molecule has 0 bridgehead atoms. The summed E-state index contributed by atoms with van der Waals surface area (Å²) in [6.07, 6.45) is 4.90. The number of aromatic nitrogens is 4. The number of hydrogen-bond acceptors (Lipinski definition) is 9. The Labute approximate surface area is 269 Å². The van der Waals surface area contributed by atoms with Gasteiger partial charge < -0.3 is 14.2 Å². The van der Waals surface area contributed by atoms with Crippen LogP contribution >= 0.6 is 23.1 Å². The average Bonchev–Trinajstić information content (AvgIpc) is 3.73. The molecule has 1 amide bonds. The number of ketones is 1. The number of rotatable bonds is 11. The van der Waals surface area contributed by atoms with Crippen molar-refractivity contribution in [3.8, 4) is 5.75 Å². The molecule has 3 aromatic heterocycles. The minimum absolute atomic E-state index is 0.0546. The van der Waals surface area contributed by atoms with E-state index >= 15 is 0 Å². The van der Waals surface area contributed by atoms with Crippen LogP contribution in [0.15, 0.2) is 82.8 Å². The molecule has 45 heavy (non-hydrogen) atoms. The Bertz CT molecular complexity index is 1900. The van der Waals surface area contributed by atoms with E-state index in [1.54, 1.807) is 0 Å². The highest BCUT2D eigenvalue weighted by atomic mass is 32.2. The molecule has 0 aliphatic carbocycles. The van der Waals surface area contributed by atoms with Crippen LogP contribution in [0.1, 0.15) is 60.3 Å². The Morgan fingerprint density at radius 3 is 2.62 bits per heavy atom. The highest BCUT2D eigenvalue weighted by molar-refractivity contribution is 8.00. The lowest BCUT2D eigenvalue weighted by Gasteiger charge is -2.23. The van der Waals surface area contributed by atoms with Crippen LogP contribution in [0.2, 0.25) is 0 Å². The van der Waals surface area contributed by atoms with Crippen molar-refractivity contribution in [3.05, 3.63) is 107 Å². The SMILES string of the molecule is CCCCCOc1cccc(C2/C(=C(\O)c3nc4c(C)cccn4c3C)C(=O)C(=O)N2c2nnc(SCc3ccccc3)s2)c1. The summed E-state index contributed by atoms with van der Waals surface area (Å²) >= 11 is 2.74. The number of pyridine rings is 1. The molecule has 9 nitrogen and oxygen atoms in total. The number of carbonyl (C=O) groups excluding carboxylic acids is 2. The monoisotopic (exact) mass is 639 g/mol. The Morgan fingerprint density at radius 2 is 1.84 bits per heavy atom.